The highest BCUT2D eigenvalue weighted by molar-refractivity contribution is 6.10. The molecular formula is C26H27N3O4. The van der Waals surface area contributed by atoms with Gasteiger partial charge in [0.2, 0.25) is 11.8 Å². The summed E-state index contributed by atoms with van der Waals surface area (Å²) in [5.41, 5.74) is 2.39. The van der Waals surface area contributed by atoms with E-state index in [2.05, 4.69) is 10.6 Å². The molecule has 0 saturated carbocycles. The molecule has 0 spiro atoms. The first-order chi connectivity index (χ1) is 16.0. The Kier molecular flexibility index (Phi) is 8.18. The van der Waals surface area contributed by atoms with E-state index in [9.17, 15) is 14.4 Å². The van der Waals surface area contributed by atoms with Crippen LogP contribution in [0, 0.1) is 0 Å². The van der Waals surface area contributed by atoms with E-state index in [0.717, 1.165) is 5.56 Å². The number of nitrogens with one attached hydrogen (secondary N) is 2. The number of carbonyl (C=O) groups excluding carboxylic acids is 3. The van der Waals surface area contributed by atoms with E-state index in [0.29, 0.717) is 29.2 Å². The zero-order chi connectivity index (χ0) is 23.6. The third-order valence-corrected chi connectivity index (χ3v) is 5.11. The monoisotopic (exact) mass is 445 g/mol. The Morgan fingerprint density at radius 1 is 0.879 bits per heavy atom. The molecule has 0 aliphatic carbocycles. The number of carbonyl (C=O) groups is 3. The molecule has 33 heavy (non-hydrogen) atoms. The molecule has 3 amide bonds. The lowest BCUT2D eigenvalue weighted by atomic mass is 10.1. The molecule has 0 aromatic heterocycles. The number of hydrogen-bond donors (Lipinski definition) is 2. The van der Waals surface area contributed by atoms with Gasteiger partial charge >= 0.3 is 0 Å². The number of nitrogens with zero attached hydrogens (tertiary/aromatic N) is 1. The third-order valence-electron chi connectivity index (χ3n) is 5.11. The van der Waals surface area contributed by atoms with E-state index < -0.39 is 0 Å². The molecule has 0 aliphatic rings. The van der Waals surface area contributed by atoms with Crippen LogP contribution >= 0.6 is 0 Å². The van der Waals surface area contributed by atoms with Gasteiger partial charge in [-0.3, -0.25) is 14.4 Å². The molecule has 0 heterocycles. The molecule has 7 heteroatoms. The van der Waals surface area contributed by atoms with Gasteiger partial charge in [0, 0.05) is 38.2 Å². The van der Waals surface area contributed by atoms with Gasteiger partial charge in [0.05, 0.1) is 18.4 Å². The average Bonchev–Trinajstić information content (AvgIpc) is 2.86. The normalized spacial score (nSPS) is 10.2. The molecule has 170 valence electrons. The summed E-state index contributed by atoms with van der Waals surface area (Å²) in [4.78, 5) is 39.2. The molecule has 0 aliphatic heterocycles. The third kappa shape index (κ3) is 6.67. The van der Waals surface area contributed by atoms with Crippen LogP contribution in [0.25, 0.3) is 0 Å². The lowest BCUT2D eigenvalue weighted by Gasteiger charge is -2.20. The van der Waals surface area contributed by atoms with Gasteiger partial charge in [0.1, 0.15) is 5.75 Å². The molecule has 7 nitrogen and oxygen atoms in total. The molecule has 3 aromatic rings. The Morgan fingerprint density at radius 3 is 2.36 bits per heavy atom. The zero-order valence-corrected chi connectivity index (χ0v) is 18.7. The second kappa shape index (κ2) is 11.5. The van der Waals surface area contributed by atoms with E-state index >= 15 is 0 Å². The van der Waals surface area contributed by atoms with Crippen molar-refractivity contribution in [1.82, 2.24) is 5.32 Å². The van der Waals surface area contributed by atoms with Gasteiger partial charge in [0.25, 0.3) is 5.91 Å². The Balaban J connectivity index is 1.60. The van der Waals surface area contributed by atoms with Crippen molar-refractivity contribution in [2.24, 2.45) is 0 Å². The Morgan fingerprint density at radius 2 is 1.61 bits per heavy atom. The van der Waals surface area contributed by atoms with Crippen LogP contribution < -0.4 is 20.3 Å². The summed E-state index contributed by atoms with van der Waals surface area (Å²) in [6, 6.07) is 23.4. The summed E-state index contributed by atoms with van der Waals surface area (Å²) >= 11 is 0. The van der Waals surface area contributed by atoms with Crippen molar-refractivity contribution in [3.63, 3.8) is 0 Å². The molecule has 0 atom stereocenters. The second-order valence-corrected chi connectivity index (χ2v) is 7.42. The molecule has 3 rings (SSSR count). The van der Waals surface area contributed by atoms with Gasteiger partial charge in [-0.25, -0.2) is 0 Å². The highest BCUT2D eigenvalue weighted by Crippen LogP contribution is 2.23. The van der Waals surface area contributed by atoms with Crippen molar-refractivity contribution < 1.29 is 19.1 Å². The lowest BCUT2D eigenvalue weighted by molar-refractivity contribution is -0.125. The predicted octanol–water partition coefficient (Wildman–Crippen LogP) is 4.01. The van der Waals surface area contributed by atoms with Crippen LogP contribution in [0.3, 0.4) is 0 Å². The number of benzene rings is 3. The fourth-order valence-corrected chi connectivity index (χ4v) is 3.26. The minimum absolute atomic E-state index is 0.0307. The maximum atomic E-state index is 12.9. The Bertz CT molecular complexity index is 1120. The van der Waals surface area contributed by atoms with Crippen LogP contribution in [0.15, 0.2) is 78.9 Å². The fourth-order valence-electron chi connectivity index (χ4n) is 3.26. The van der Waals surface area contributed by atoms with Crippen molar-refractivity contribution in [3.05, 3.63) is 90.0 Å². The fraction of sp³-hybridized carbons (Fsp3) is 0.192. The molecule has 2 N–H and O–H groups in total. The summed E-state index contributed by atoms with van der Waals surface area (Å²) in [5, 5.41) is 5.64. The maximum Gasteiger partial charge on any atom is 0.257 e. The van der Waals surface area contributed by atoms with Crippen molar-refractivity contribution in [2.45, 2.75) is 19.4 Å². The number of para-hydroxylation sites is 1. The molecule has 0 saturated heterocycles. The first-order valence-electron chi connectivity index (χ1n) is 10.6. The summed E-state index contributed by atoms with van der Waals surface area (Å²) < 4.78 is 5.19. The first-order valence-corrected chi connectivity index (χ1v) is 10.6. The number of ether oxygens (including phenoxy) is 1. The van der Waals surface area contributed by atoms with Crippen LogP contribution in [-0.4, -0.2) is 31.9 Å². The average molecular weight is 446 g/mol. The number of hydrogen-bond acceptors (Lipinski definition) is 4. The van der Waals surface area contributed by atoms with Crippen molar-refractivity contribution in [2.75, 3.05) is 24.4 Å². The minimum Gasteiger partial charge on any atom is -0.497 e. The molecular weight excluding hydrogens is 418 g/mol. The highest BCUT2D eigenvalue weighted by atomic mass is 16.5. The topological polar surface area (TPSA) is 87.7 Å². The summed E-state index contributed by atoms with van der Waals surface area (Å²) in [6.07, 6.45) is 0.0944. The Hall–Kier alpha value is -4.13. The van der Waals surface area contributed by atoms with Gasteiger partial charge in [-0.1, -0.05) is 48.5 Å². The van der Waals surface area contributed by atoms with Crippen molar-refractivity contribution in [1.29, 1.82) is 0 Å². The van der Waals surface area contributed by atoms with Crippen LogP contribution in [0.5, 0.6) is 5.75 Å². The van der Waals surface area contributed by atoms with E-state index in [4.69, 9.17) is 4.74 Å². The molecule has 0 radical (unpaired) electrons. The van der Waals surface area contributed by atoms with Crippen LogP contribution in [0.2, 0.25) is 0 Å². The van der Waals surface area contributed by atoms with Gasteiger partial charge < -0.3 is 20.3 Å². The number of anilines is 2. The SMILES string of the molecule is COc1cccc(NC(=O)c2ccccc2N(C)C(=O)CCC(=O)NCc2ccccc2)c1. The van der Waals surface area contributed by atoms with E-state index in [1.54, 1.807) is 62.7 Å². The standard InChI is InChI=1S/C26H27N3O4/c1-29(25(31)16-15-24(30)27-18-19-9-4-3-5-10-19)23-14-7-6-13-22(23)26(32)28-20-11-8-12-21(17-20)33-2/h3-14,17H,15-16,18H2,1-2H3,(H,27,30)(H,28,32). The van der Waals surface area contributed by atoms with Gasteiger partial charge in [-0.2, -0.15) is 0 Å². The number of rotatable bonds is 9. The van der Waals surface area contributed by atoms with Gasteiger partial charge in [0.15, 0.2) is 0 Å². The van der Waals surface area contributed by atoms with E-state index in [1.807, 2.05) is 30.3 Å². The molecule has 0 unspecified atom stereocenters. The predicted molar refractivity (Wildman–Crippen MR) is 128 cm³/mol. The largest absolute Gasteiger partial charge is 0.497 e. The second-order valence-electron chi connectivity index (χ2n) is 7.42. The van der Waals surface area contributed by atoms with Crippen LogP contribution in [0.1, 0.15) is 28.8 Å². The van der Waals surface area contributed by atoms with Crippen molar-refractivity contribution >= 4 is 29.1 Å². The van der Waals surface area contributed by atoms with Crippen LogP contribution in [-0.2, 0) is 16.1 Å². The quantitative estimate of drug-likeness (QED) is 0.521. The summed E-state index contributed by atoms with van der Waals surface area (Å²) in [7, 11) is 3.15. The number of amides is 3. The molecule has 0 fully saturated rings. The summed E-state index contributed by atoms with van der Waals surface area (Å²) in [5.74, 6) is -0.186. The van der Waals surface area contributed by atoms with Crippen molar-refractivity contribution in [3.8, 4) is 5.75 Å². The zero-order valence-electron chi connectivity index (χ0n) is 18.7. The molecule has 0 bridgehead atoms. The van der Waals surface area contributed by atoms with Gasteiger partial charge in [-0.05, 0) is 29.8 Å². The van der Waals surface area contributed by atoms with E-state index in [-0.39, 0.29) is 30.6 Å². The van der Waals surface area contributed by atoms with E-state index in [1.165, 1.54) is 4.90 Å². The smallest absolute Gasteiger partial charge is 0.257 e. The van der Waals surface area contributed by atoms with Gasteiger partial charge in [-0.15, -0.1) is 0 Å². The van der Waals surface area contributed by atoms with Crippen LogP contribution in [0.4, 0.5) is 11.4 Å². The minimum atomic E-state index is -0.348. The lowest BCUT2D eigenvalue weighted by Crippen LogP contribution is -2.30. The number of methoxy groups -OCH3 is 1. The first kappa shape index (κ1) is 23.5. The maximum absolute atomic E-state index is 12.9. The Labute approximate surface area is 193 Å². The highest BCUT2D eigenvalue weighted by Gasteiger charge is 2.19. The summed E-state index contributed by atoms with van der Waals surface area (Å²) in [6.45, 7) is 0.414. The molecule has 3 aromatic carbocycles.